The fraction of sp³-hybridized carbons (Fsp3) is 0.583. The van der Waals surface area contributed by atoms with Crippen LogP contribution in [0, 0.1) is 0 Å². The number of aromatic carboxylic acids is 1. The molecular weight excluding hydrogens is 266 g/mol. The molecule has 102 valence electrons. The SMILES string of the molecule is CC(C)(C)[Si](C)(C)OCc1csc(N)c1C(=O)O. The van der Waals surface area contributed by atoms with E-state index >= 15 is 0 Å². The molecule has 1 aromatic heterocycles. The quantitative estimate of drug-likeness (QED) is 0.831. The Kier molecular flexibility index (Phi) is 4.25. The molecule has 0 amide bonds. The highest BCUT2D eigenvalue weighted by Gasteiger charge is 2.37. The fourth-order valence-corrected chi connectivity index (χ4v) is 2.98. The number of anilines is 1. The van der Waals surface area contributed by atoms with Crippen LogP contribution in [0.5, 0.6) is 0 Å². The number of thiophene rings is 1. The highest BCUT2D eigenvalue weighted by molar-refractivity contribution is 7.14. The second-order valence-electron chi connectivity index (χ2n) is 5.85. The number of hydrogen-bond donors (Lipinski definition) is 2. The number of nitrogens with two attached hydrogens (primary N) is 1. The second kappa shape index (κ2) is 5.03. The standard InChI is InChI=1S/C12H21NO3SSi/c1-12(2,3)18(4,5)16-6-8-7-17-10(13)9(8)11(14)15/h7H,6,13H2,1-5H3,(H,14,15). The van der Waals surface area contributed by atoms with Crippen LogP contribution in [0.2, 0.25) is 18.1 Å². The summed E-state index contributed by atoms with van der Waals surface area (Å²) in [6.07, 6.45) is 0. The van der Waals surface area contributed by atoms with Crippen molar-refractivity contribution in [3.8, 4) is 0 Å². The molecule has 0 fully saturated rings. The van der Waals surface area contributed by atoms with Gasteiger partial charge in [-0.05, 0) is 23.5 Å². The maximum absolute atomic E-state index is 11.1. The van der Waals surface area contributed by atoms with Gasteiger partial charge in [0.15, 0.2) is 8.32 Å². The topological polar surface area (TPSA) is 72.5 Å². The highest BCUT2D eigenvalue weighted by atomic mass is 32.1. The van der Waals surface area contributed by atoms with Crippen LogP contribution in [0.4, 0.5) is 5.00 Å². The lowest BCUT2D eigenvalue weighted by Crippen LogP contribution is -2.40. The average molecular weight is 287 g/mol. The molecule has 1 heterocycles. The molecule has 4 nitrogen and oxygen atoms in total. The summed E-state index contributed by atoms with van der Waals surface area (Å²) in [4.78, 5) is 11.1. The molecule has 0 bridgehead atoms. The number of carboxylic acids is 1. The predicted octanol–water partition coefficient (Wildman–Crippen LogP) is 3.55. The van der Waals surface area contributed by atoms with Crippen LogP contribution in [0.1, 0.15) is 36.7 Å². The first-order chi connectivity index (χ1) is 8.06. The van der Waals surface area contributed by atoms with Crippen LogP contribution < -0.4 is 5.73 Å². The van der Waals surface area contributed by atoms with Crippen molar-refractivity contribution in [2.45, 2.75) is 45.5 Å². The van der Waals surface area contributed by atoms with Crippen molar-refractivity contribution in [1.82, 2.24) is 0 Å². The van der Waals surface area contributed by atoms with Crippen LogP contribution in [0.3, 0.4) is 0 Å². The van der Waals surface area contributed by atoms with E-state index in [9.17, 15) is 4.79 Å². The monoisotopic (exact) mass is 287 g/mol. The summed E-state index contributed by atoms with van der Waals surface area (Å²) in [7, 11) is -1.87. The highest BCUT2D eigenvalue weighted by Crippen LogP contribution is 2.37. The van der Waals surface area contributed by atoms with Gasteiger partial charge in [0.1, 0.15) is 5.00 Å². The summed E-state index contributed by atoms with van der Waals surface area (Å²) >= 11 is 1.25. The number of carbonyl (C=O) groups is 1. The summed E-state index contributed by atoms with van der Waals surface area (Å²) in [5.41, 5.74) is 6.53. The molecule has 0 spiro atoms. The molecule has 0 aliphatic carbocycles. The molecule has 1 aromatic rings. The Morgan fingerprint density at radius 1 is 1.50 bits per heavy atom. The predicted molar refractivity (Wildman–Crippen MR) is 77.7 cm³/mol. The first kappa shape index (κ1) is 15.2. The normalized spacial score (nSPS) is 12.7. The first-order valence-corrected chi connectivity index (χ1v) is 9.58. The lowest BCUT2D eigenvalue weighted by Gasteiger charge is -2.36. The van der Waals surface area contributed by atoms with Gasteiger partial charge < -0.3 is 15.3 Å². The second-order valence-corrected chi connectivity index (χ2v) is 11.6. The number of hydrogen-bond acceptors (Lipinski definition) is 4. The Morgan fingerprint density at radius 3 is 2.50 bits per heavy atom. The Labute approximate surface area is 113 Å². The van der Waals surface area contributed by atoms with Gasteiger partial charge in [-0.1, -0.05) is 20.8 Å². The van der Waals surface area contributed by atoms with E-state index in [0.717, 1.165) is 0 Å². The maximum Gasteiger partial charge on any atom is 0.339 e. The molecule has 1 rings (SSSR count). The molecule has 0 saturated heterocycles. The van der Waals surface area contributed by atoms with Gasteiger partial charge >= 0.3 is 5.97 Å². The fourth-order valence-electron chi connectivity index (χ4n) is 1.23. The maximum atomic E-state index is 11.1. The van der Waals surface area contributed by atoms with E-state index in [2.05, 4.69) is 33.9 Å². The number of rotatable bonds is 4. The molecule has 0 unspecified atom stereocenters. The summed E-state index contributed by atoms with van der Waals surface area (Å²) in [6, 6.07) is 0. The van der Waals surface area contributed by atoms with E-state index in [-0.39, 0.29) is 10.6 Å². The third-order valence-electron chi connectivity index (χ3n) is 3.50. The lowest BCUT2D eigenvalue weighted by molar-refractivity contribution is 0.0695. The molecular formula is C12H21NO3SSi. The van der Waals surface area contributed by atoms with E-state index in [1.54, 1.807) is 5.38 Å². The average Bonchev–Trinajstić information content (AvgIpc) is 2.55. The van der Waals surface area contributed by atoms with Gasteiger partial charge in [-0.2, -0.15) is 0 Å². The van der Waals surface area contributed by atoms with Crippen LogP contribution >= 0.6 is 11.3 Å². The van der Waals surface area contributed by atoms with Crippen molar-refractivity contribution >= 4 is 30.6 Å². The van der Waals surface area contributed by atoms with Gasteiger partial charge in [-0.3, -0.25) is 0 Å². The molecule has 18 heavy (non-hydrogen) atoms. The zero-order chi connectivity index (χ0) is 14.1. The molecule has 0 saturated carbocycles. The third kappa shape index (κ3) is 3.12. The minimum absolute atomic E-state index is 0.109. The third-order valence-corrected chi connectivity index (χ3v) is 8.84. The molecule has 0 aliphatic heterocycles. The van der Waals surface area contributed by atoms with Crippen LogP contribution in [0.25, 0.3) is 0 Å². The van der Waals surface area contributed by atoms with Crippen molar-refractivity contribution in [1.29, 1.82) is 0 Å². The van der Waals surface area contributed by atoms with E-state index in [0.29, 0.717) is 17.2 Å². The Balaban J connectivity index is 2.85. The van der Waals surface area contributed by atoms with Crippen molar-refractivity contribution < 1.29 is 14.3 Å². The largest absolute Gasteiger partial charge is 0.478 e. The Morgan fingerprint density at radius 2 is 2.06 bits per heavy atom. The smallest absolute Gasteiger partial charge is 0.339 e. The van der Waals surface area contributed by atoms with Crippen LogP contribution in [0.15, 0.2) is 5.38 Å². The molecule has 0 radical (unpaired) electrons. The van der Waals surface area contributed by atoms with Gasteiger partial charge in [-0.15, -0.1) is 11.3 Å². The number of carboxylic acid groups (broad SMARTS) is 1. The zero-order valence-corrected chi connectivity index (χ0v) is 13.4. The first-order valence-electron chi connectivity index (χ1n) is 5.79. The molecule has 0 aromatic carbocycles. The minimum atomic E-state index is -1.87. The zero-order valence-electron chi connectivity index (χ0n) is 11.5. The van der Waals surface area contributed by atoms with Gasteiger partial charge in [0.2, 0.25) is 0 Å². The van der Waals surface area contributed by atoms with Gasteiger partial charge in [-0.25, -0.2) is 4.79 Å². The van der Waals surface area contributed by atoms with E-state index in [1.807, 2.05) is 0 Å². The summed E-state index contributed by atoms with van der Waals surface area (Å²) in [5.74, 6) is -0.984. The van der Waals surface area contributed by atoms with Crippen molar-refractivity contribution in [2.24, 2.45) is 0 Å². The molecule has 6 heteroatoms. The van der Waals surface area contributed by atoms with Crippen molar-refractivity contribution in [3.05, 3.63) is 16.5 Å². The van der Waals surface area contributed by atoms with E-state index in [4.69, 9.17) is 15.3 Å². The lowest BCUT2D eigenvalue weighted by atomic mass is 10.2. The minimum Gasteiger partial charge on any atom is -0.478 e. The van der Waals surface area contributed by atoms with E-state index < -0.39 is 14.3 Å². The van der Waals surface area contributed by atoms with Crippen molar-refractivity contribution in [3.63, 3.8) is 0 Å². The Hall–Kier alpha value is -0.853. The van der Waals surface area contributed by atoms with Gasteiger partial charge in [0, 0.05) is 5.56 Å². The van der Waals surface area contributed by atoms with Crippen LogP contribution in [-0.2, 0) is 11.0 Å². The van der Waals surface area contributed by atoms with Gasteiger partial charge in [0.05, 0.1) is 12.2 Å². The summed E-state index contributed by atoms with van der Waals surface area (Å²) in [5, 5.41) is 11.3. The summed E-state index contributed by atoms with van der Waals surface area (Å²) < 4.78 is 6.01. The molecule has 0 aliphatic rings. The molecule has 0 atom stereocenters. The van der Waals surface area contributed by atoms with Gasteiger partial charge in [0.25, 0.3) is 0 Å². The summed E-state index contributed by atoms with van der Waals surface area (Å²) in [6.45, 7) is 11.1. The van der Waals surface area contributed by atoms with Crippen molar-refractivity contribution in [2.75, 3.05) is 5.73 Å². The number of nitrogen functional groups attached to an aromatic ring is 1. The molecule has 3 N–H and O–H groups in total. The van der Waals surface area contributed by atoms with Crippen LogP contribution in [-0.4, -0.2) is 19.4 Å². The van der Waals surface area contributed by atoms with E-state index in [1.165, 1.54) is 11.3 Å². The Bertz CT molecular complexity index is 449.